The zero-order valence-electron chi connectivity index (χ0n) is 18.2. The van der Waals surface area contributed by atoms with Crippen molar-refractivity contribution in [2.45, 2.75) is 84.5 Å². The minimum Gasteiger partial charge on any atom is -0.459 e. The maximum Gasteiger partial charge on any atom is 0.332 e. The first-order valence-electron chi connectivity index (χ1n) is 10.9. The second-order valence-corrected chi connectivity index (χ2v) is 10.7. The highest BCUT2D eigenvalue weighted by atomic mass is 32.1. The lowest BCUT2D eigenvalue weighted by Gasteiger charge is -2.26. The molecular formula is C22H31N3O4S. The molecule has 2 heterocycles. The average Bonchev–Trinajstić information content (AvgIpc) is 3.36. The molecule has 0 amide bonds. The first kappa shape index (κ1) is 21.3. The van der Waals surface area contributed by atoms with E-state index in [1.165, 1.54) is 22.3 Å². The summed E-state index contributed by atoms with van der Waals surface area (Å²) in [6.07, 6.45) is 5.31. The summed E-state index contributed by atoms with van der Waals surface area (Å²) in [6.45, 7) is 8.72. The van der Waals surface area contributed by atoms with E-state index in [1.54, 1.807) is 0 Å². The van der Waals surface area contributed by atoms with Gasteiger partial charge in [-0.1, -0.05) is 6.42 Å². The van der Waals surface area contributed by atoms with Gasteiger partial charge < -0.3 is 10.1 Å². The summed E-state index contributed by atoms with van der Waals surface area (Å²) in [5.41, 5.74) is 0.0805. The van der Waals surface area contributed by atoms with Crippen LogP contribution in [0.25, 0.3) is 10.2 Å². The van der Waals surface area contributed by atoms with Crippen LogP contribution in [0.15, 0.2) is 9.59 Å². The van der Waals surface area contributed by atoms with Gasteiger partial charge in [-0.15, -0.1) is 11.3 Å². The first-order valence-corrected chi connectivity index (χ1v) is 11.7. The van der Waals surface area contributed by atoms with Gasteiger partial charge in [0.05, 0.1) is 11.9 Å². The average molecular weight is 434 g/mol. The summed E-state index contributed by atoms with van der Waals surface area (Å²) in [5.74, 6) is 0.214. The molecule has 0 aliphatic heterocycles. The Bertz CT molecular complexity index is 1080. The van der Waals surface area contributed by atoms with Crippen molar-refractivity contribution in [1.82, 2.24) is 14.5 Å². The minimum absolute atomic E-state index is 0.0510. The SMILES string of the molecule is Cc1c(CNCC(=O)OC(C)(C)C)sc2c1c(=O)n(C1CC1)c(=O)n2CC1CCC1. The lowest BCUT2D eigenvalue weighted by molar-refractivity contribution is -0.153. The van der Waals surface area contributed by atoms with Crippen molar-refractivity contribution >= 4 is 27.5 Å². The number of hydrogen-bond donors (Lipinski definition) is 1. The molecule has 0 bridgehead atoms. The van der Waals surface area contributed by atoms with E-state index >= 15 is 0 Å². The Balaban J connectivity index is 1.64. The molecule has 0 spiro atoms. The largest absolute Gasteiger partial charge is 0.459 e. The van der Waals surface area contributed by atoms with E-state index in [9.17, 15) is 14.4 Å². The molecule has 0 atom stereocenters. The van der Waals surface area contributed by atoms with Gasteiger partial charge in [0.1, 0.15) is 10.4 Å². The fourth-order valence-corrected chi connectivity index (χ4v) is 5.25. The Labute approximate surface area is 180 Å². The van der Waals surface area contributed by atoms with Crippen molar-refractivity contribution in [2.75, 3.05) is 6.54 Å². The number of nitrogens with zero attached hydrogens (tertiary/aromatic N) is 2. The van der Waals surface area contributed by atoms with E-state index in [0.29, 0.717) is 24.4 Å². The second-order valence-electron chi connectivity index (χ2n) is 9.62. The molecule has 8 heteroatoms. The molecule has 0 radical (unpaired) electrons. The van der Waals surface area contributed by atoms with Gasteiger partial charge in [0.25, 0.3) is 5.56 Å². The first-order chi connectivity index (χ1) is 14.2. The summed E-state index contributed by atoms with van der Waals surface area (Å²) in [5, 5.41) is 3.80. The fourth-order valence-electron chi connectivity index (χ4n) is 3.98. The van der Waals surface area contributed by atoms with Crippen LogP contribution in [0.3, 0.4) is 0 Å². The Kier molecular flexibility index (Phi) is 5.66. The molecule has 0 saturated heterocycles. The molecule has 2 fully saturated rings. The number of rotatable bonds is 7. The van der Waals surface area contributed by atoms with Crippen LogP contribution in [0, 0.1) is 12.8 Å². The number of ether oxygens (including phenoxy) is 1. The smallest absolute Gasteiger partial charge is 0.332 e. The van der Waals surface area contributed by atoms with Crippen LogP contribution < -0.4 is 16.6 Å². The van der Waals surface area contributed by atoms with E-state index in [-0.39, 0.29) is 29.8 Å². The Morgan fingerprint density at radius 3 is 2.47 bits per heavy atom. The molecule has 2 aromatic heterocycles. The van der Waals surface area contributed by atoms with Gasteiger partial charge in [-0.25, -0.2) is 4.79 Å². The zero-order chi connectivity index (χ0) is 21.6. The van der Waals surface area contributed by atoms with Crippen LogP contribution in [0.2, 0.25) is 0 Å². The molecule has 2 aliphatic rings. The number of fused-ring (bicyclic) bond motifs is 1. The number of carbonyl (C=O) groups excluding carboxylic acids is 1. The highest BCUT2D eigenvalue weighted by molar-refractivity contribution is 7.18. The van der Waals surface area contributed by atoms with E-state index in [1.807, 2.05) is 32.3 Å². The topological polar surface area (TPSA) is 82.3 Å². The third-order valence-electron chi connectivity index (χ3n) is 5.89. The molecule has 2 saturated carbocycles. The Morgan fingerprint density at radius 1 is 1.20 bits per heavy atom. The molecule has 7 nitrogen and oxygen atoms in total. The highest BCUT2D eigenvalue weighted by Crippen LogP contribution is 2.35. The summed E-state index contributed by atoms with van der Waals surface area (Å²) >= 11 is 1.50. The van der Waals surface area contributed by atoms with Gasteiger partial charge in [0.2, 0.25) is 0 Å². The molecule has 1 N–H and O–H groups in total. The molecule has 0 unspecified atom stereocenters. The van der Waals surface area contributed by atoms with Gasteiger partial charge in [-0.2, -0.15) is 0 Å². The number of hydrogen-bond acceptors (Lipinski definition) is 6. The number of thiophene rings is 1. The van der Waals surface area contributed by atoms with E-state index in [4.69, 9.17) is 4.74 Å². The molecular weight excluding hydrogens is 402 g/mol. The zero-order valence-corrected chi connectivity index (χ0v) is 19.1. The highest BCUT2D eigenvalue weighted by Gasteiger charge is 2.31. The minimum atomic E-state index is -0.516. The van der Waals surface area contributed by atoms with Crippen molar-refractivity contribution in [3.8, 4) is 0 Å². The molecule has 30 heavy (non-hydrogen) atoms. The van der Waals surface area contributed by atoms with Crippen molar-refractivity contribution in [3.05, 3.63) is 31.3 Å². The molecule has 164 valence electrons. The van der Waals surface area contributed by atoms with E-state index in [0.717, 1.165) is 41.0 Å². The van der Waals surface area contributed by atoms with Crippen LogP contribution in [0.1, 0.15) is 69.4 Å². The molecule has 2 aliphatic carbocycles. The number of aryl methyl sites for hydroxylation is 1. The molecule has 0 aromatic carbocycles. The monoisotopic (exact) mass is 433 g/mol. The lowest BCUT2D eigenvalue weighted by Crippen LogP contribution is -2.40. The maximum atomic E-state index is 13.2. The molecule has 2 aromatic rings. The second kappa shape index (κ2) is 7.96. The van der Waals surface area contributed by atoms with Crippen molar-refractivity contribution in [3.63, 3.8) is 0 Å². The predicted octanol–water partition coefficient (Wildman–Crippen LogP) is 3.10. The van der Waals surface area contributed by atoms with Gasteiger partial charge in [0, 0.05) is 24.0 Å². The fraction of sp³-hybridized carbons (Fsp3) is 0.682. The van der Waals surface area contributed by atoms with Crippen LogP contribution in [-0.4, -0.2) is 27.2 Å². The summed E-state index contributed by atoms with van der Waals surface area (Å²) in [6, 6.07) is 0.0510. The van der Waals surface area contributed by atoms with Gasteiger partial charge in [-0.3, -0.25) is 18.7 Å². The quantitative estimate of drug-likeness (QED) is 0.679. The summed E-state index contributed by atoms with van der Waals surface area (Å²) in [7, 11) is 0. The van der Waals surface area contributed by atoms with Gasteiger partial charge in [-0.05, 0) is 64.9 Å². The van der Waals surface area contributed by atoms with Crippen molar-refractivity contribution < 1.29 is 9.53 Å². The number of aromatic nitrogens is 2. The van der Waals surface area contributed by atoms with Crippen LogP contribution in [-0.2, 0) is 22.6 Å². The van der Waals surface area contributed by atoms with Crippen LogP contribution in [0.4, 0.5) is 0 Å². The van der Waals surface area contributed by atoms with E-state index in [2.05, 4.69) is 5.32 Å². The summed E-state index contributed by atoms with van der Waals surface area (Å²) in [4.78, 5) is 40.1. The third-order valence-corrected chi connectivity index (χ3v) is 7.21. The number of nitrogens with one attached hydrogen (secondary N) is 1. The predicted molar refractivity (Wildman–Crippen MR) is 118 cm³/mol. The van der Waals surface area contributed by atoms with Gasteiger partial charge >= 0.3 is 11.7 Å². The maximum absolute atomic E-state index is 13.2. The van der Waals surface area contributed by atoms with Crippen molar-refractivity contribution in [1.29, 1.82) is 0 Å². The third kappa shape index (κ3) is 4.25. The van der Waals surface area contributed by atoms with Crippen molar-refractivity contribution in [2.24, 2.45) is 5.92 Å². The Morgan fingerprint density at radius 2 is 1.90 bits per heavy atom. The van der Waals surface area contributed by atoms with Gasteiger partial charge in [0.15, 0.2) is 0 Å². The van der Waals surface area contributed by atoms with E-state index < -0.39 is 5.60 Å². The van der Waals surface area contributed by atoms with Crippen LogP contribution in [0.5, 0.6) is 0 Å². The lowest BCUT2D eigenvalue weighted by atomic mass is 9.85. The number of carbonyl (C=O) groups is 1. The van der Waals surface area contributed by atoms with Crippen LogP contribution >= 0.6 is 11.3 Å². The normalized spacial score (nSPS) is 17.3. The molecule has 4 rings (SSSR count). The standard InChI is InChI=1S/C22H31N3O4S/c1-13-16(10-23-11-17(26)29-22(2,3)4)30-20-18(13)19(27)25(15-8-9-15)21(28)24(20)12-14-6-5-7-14/h14-15,23H,5-12H2,1-4H3. The number of esters is 1. The summed E-state index contributed by atoms with van der Waals surface area (Å²) < 4.78 is 8.66. The Hall–Kier alpha value is -1.93.